The second kappa shape index (κ2) is 4.10. The van der Waals surface area contributed by atoms with Crippen LogP contribution in [0.25, 0.3) is 0 Å². The Morgan fingerprint density at radius 2 is 2.06 bits per heavy atom. The number of hydrogen-bond donors (Lipinski definition) is 2. The quantitative estimate of drug-likeness (QED) is 0.792. The van der Waals surface area contributed by atoms with E-state index < -0.39 is 0 Å². The van der Waals surface area contributed by atoms with Crippen molar-refractivity contribution in [2.24, 2.45) is 0 Å². The minimum atomic E-state index is -0.113. The van der Waals surface area contributed by atoms with E-state index in [2.05, 4.69) is 0 Å². The van der Waals surface area contributed by atoms with Gasteiger partial charge in [-0.25, -0.2) is 0 Å². The largest absolute Gasteiger partial charge is 0.508 e. The molecule has 0 unspecified atom stereocenters. The molecule has 0 aliphatic rings. The summed E-state index contributed by atoms with van der Waals surface area (Å²) in [6.07, 6.45) is 1.59. The van der Waals surface area contributed by atoms with E-state index in [1.165, 1.54) is 10.6 Å². The summed E-state index contributed by atoms with van der Waals surface area (Å²) in [6.45, 7) is 0.401. The Kier molecular flexibility index (Phi) is 2.64. The molecule has 0 radical (unpaired) electrons. The zero-order valence-corrected chi connectivity index (χ0v) is 8.63. The topological polar surface area (TPSA) is 68.2 Å². The van der Waals surface area contributed by atoms with Gasteiger partial charge in [0.1, 0.15) is 5.75 Å². The molecule has 4 nitrogen and oxygen atoms in total. The Bertz CT molecular complexity index is 561. The standard InChI is InChI=1S/C12H12N2O2/c13-10-4-5-12(16)14(8-10)7-9-2-1-3-11(15)6-9/h1-6,8,15H,7,13H2. The predicted octanol–water partition coefficient (Wildman–Crippen LogP) is 1.18. The molecule has 0 aliphatic carbocycles. The van der Waals surface area contributed by atoms with Crippen molar-refractivity contribution in [1.29, 1.82) is 0 Å². The van der Waals surface area contributed by atoms with Crippen LogP contribution in [-0.2, 0) is 6.54 Å². The van der Waals surface area contributed by atoms with Gasteiger partial charge < -0.3 is 15.4 Å². The highest BCUT2D eigenvalue weighted by molar-refractivity contribution is 5.34. The van der Waals surface area contributed by atoms with Crippen molar-refractivity contribution in [3.8, 4) is 5.75 Å². The molecule has 4 heteroatoms. The summed E-state index contributed by atoms with van der Waals surface area (Å²) in [5.41, 5.74) is 6.88. The molecule has 0 spiro atoms. The van der Waals surface area contributed by atoms with E-state index >= 15 is 0 Å². The number of aromatic nitrogens is 1. The van der Waals surface area contributed by atoms with E-state index in [1.807, 2.05) is 6.07 Å². The number of pyridine rings is 1. The number of nitrogens with zero attached hydrogens (tertiary/aromatic N) is 1. The fourth-order valence-corrected chi connectivity index (χ4v) is 1.52. The third-order valence-corrected chi connectivity index (χ3v) is 2.27. The van der Waals surface area contributed by atoms with Crippen molar-refractivity contribution in [3.63, 3.8) is 0 Å². The van der Waals surface area contributed by atoms with Gasteiger partial charge in [-0.05, 0) is 23.8 Å². The number of nitrogens with two attached hydrogens (primary N) is 1. The van der Waals surface area contributed by atoms with Gasteiger partial charge >= 0.3 is 0 Å². The highest BCUT2D eigenvalue weighted by atomic mass is 16.3. The van der Waals surface area contributed by atoms with Crippen molar-refractivity contribution in [2.45, 2.75) is 6.54 Å². The van der Waals surface area contributed by atoms with E-state index in [-0.39, 0.29) is 11.3 Å². The molecule has 1 aromatic heterocycles. The Hall–Kier alpha value is -2.23. The molecule has 82 valence electrons. The molecule has 3 N–H and O–H groups in total. The van der Waals surface area contributed by atoms with E-state index in [4.69, 9.17) is 5.73 Å². The lowest BCUT2D eigenvalue weighted by molar-refractivity contribution is 0.474. The van der Waals surface area contributed by atoms with Crippen molar-refractivity contribution in [2.75, 3.05) is 5.73 Å². The van der Waals surface area contributed by atoms with Gasteiger partial charge in [-0.15, -0.1) is 0 Å². The van der Waals surface area contributed by atoms with Gasteiger partial charge in [0.25, 0.3) is 5.56 Å². The van der Waals surface area contributed by atoms with Gasteiger partial charge in [-0.3, -0.25) is 4.79 Å². The Morgan fingerprint density at radius 1 is 1.25 bits per heavy atom. The highest BCUT2D eigenvalue weighted by Gasteiger charge is 1.99. The molecule has 1 heterocycles. The molecule has 1 aromatic carbocycles. The molecule has 2 aromatic rings. The Labute approximate surface area is 92.6 Å². The third-order valence-electron chi connectivity index (χ3n) is 2.27. The second-order valence-corrected chi connectivity index (χ2v) is 3.60. The van der Waals surface area contributed by atoms with Gasteiger partial charge in [0.2, 0.25) is 0 Å². The second-order valence-electron chi connectivity index (χ2n) is 3.60. The fraction of sp³-hybridized carbons (Fsp3) is 0.0833. The normalized spacial score (nSPS) is 10.2. The maximum Gasteiger partial charge on any atom is 0.250 e. The molecule has 0 saturated carbocycles. The van der Waals surface area contributed by atoms with Crippen molar-refractivity contribution < 1.29 is 5.11 Å². The minimum Gasteiger partial charge on any atom is -0.508 e. The first-order valence-corrected chi connectivity index (χ1v) is 4.89. The summed E-state index contributed by atoms with van der Waals surface area (Å²) in [5.74, 6) is 0.189. The first-order chi connectivity index (χ1) is 7.65. The highest BCUT2D eigenvalue weighted by Crippen LogP contribution is 2.11. The van der Waals surface area contributed by atoms with E-state index in [1.54, 1.807) is 30.5 Å². The Morgan fingerprint density at radius 3 is 2.81 bits per heavy atom. The van der Waals surface area contributed by atoms with Crippen LogP contribution < -0.4 is 11.3 Å². The molecule has 0 amide bonds. The summed E-state index contributed by atoms with van der Waals surface area (Å²) >= 11 is 0. The van der Waals surface area contributed by atoms with Crippen LogP contribution in [0, 0.1) is 0 Å². The summed E-state index contributed by atoms with van der Waals surface area (Å²) in [5, 5.41) is 9.30. The van der Waals surface area contributed by atoms with Crippen LogP contribution in [0.2, 0.25) is 0 Å². The molecule has 0 aliphatic heterocycles. The van der Waals surface area contributed by atoms with E-state index in [0.29, 0.717) is 12.2 Å². The smallest absolute Gasteiger partial charge is 0.250 e. The van der Waals surface area contributed by atoms with Gasteiger partial charge in [-0.2, -0.15) is 0 Å². The molecule has 0 bridgehead atoms. The summed E-state index contributed by atoms with van der Waals surface area (Å²) in [4.78, 5) is 11.5. The van der Waals surface area contributed by atoms with Gasteiger partial charge in [0.15, 0.2) is 0 Å². The van der Waals surface area contributed by atoms with Crippen LogP contribution in [0.1, 0.15) is 5.56 Å². The average molecular weight is 216 g/mol. The lowest BCUT2D eigenvalue weighted by Gasteiger charge is -2.06. The molecular weight excluding hydrogens is 204 g/mol. The number of benzene rings is 1. The van der Waals surface area contributed by atoms with E-state index in [9.17, 15) is 9.90 Å². The number of phenols is 1. The van der Waals surface area contributed by atoms with Gasteiger partial charge in [0, 0.05) is 18.0 Å². The van der Waals surface area contributed by atoms with Crippen LogP contribution in [0.15, 0.2) is 47.4 Å². The summed E-state index contributed by atoms with van der Waals surface area (Å²) < 4.78 is 1.50. The summed E-state index contributed by atoms with van der Waals surface area (Å²) in [7, 11) is 0. The zero-order valence-electron chi connectivity index (χ0n) is 8.63. The maximum absolute atomic E-state index is 11.5. The SMILES string of the molecule is Nc1ccc(=O)n(Cc2cccc(O)c2)c1. The molecule has 2 rings (SSSR count). The molecule has 16 heavy (non-hydrogen) atoms. The Balaban J connectivity index is 2.34. The van der Waals surface area contributed by atoms with Crippen LogP contribution in [0.3, 0.4) is 0 Å². The third kappa shape index (κ3) is 2.23. The molecule has 0 fully saturated rings. The fourth-order valence-electron chi connectivity index (χ4n) is 1.52. The molecule has 0 atom stereocenters. The minimum absolute atomic E-state index is 0.113. The lowest BCUT2D eigenvalue weighted by Crippen LogP contribution is -2.19. The average Bonchev–Trinajstić information content (AvgIpc) is 2.24. The first-order valence-electron chi connectivity index (χ1n) is 4.89. The number of nitrogen functional groups attached to an aromatic ring is 1. The van der Waals surface area contributed by atoms with Crippen molar-refractivity contribution in [1.82, 2.24) is 4.57 Å². The maximum atomic E-state index is 11.5. The van der Waals surface area contributed by atoms with Crippen LogP contribution in [0.4, 0.5) is 5.69 Å². The number of aromatic hydroxyl groups is 1. The number of anilines is 1. The predicted molar refractivity (Wildman–Crippen MR) is 62.3 cm³/mol. The summed E-state index contributed by atoms with van der Waals surface area (Å²) in [6, 6.07) is 9.79. The zero-order chi connectivity index (χ0) is 11.5. The van der Waals surface area contributed by atoms with Crippen LogP contribution >= 0.6 is 0 Å². The number of hydrogen-bond acceptors (Lipinski definition) is 3. The monoisotopic (exact) mass is 216 g/mol. The molecular formula is C12H12N2O2. The number of phenolic OH excluding ortho intramolecular Hbond substituents is 1. The molecule has 0 saturated heterocycles. The van der Waals surface area contributed by atoms with E-state index in [0.717, 1.165) is 5.56 Å². The van der Waals surface area contributed by atoms with Crippen LogP contribution in [-0.4, -0.2) is 9.67 Å². The van der Waals surface area contributed by atoms with Crippen molar-refractivity contribution >= 4 is 5.69 Å². The van der Waals surface area contributed by atoms with Crippen LogP contribution in [0.5, 0.6) is 5.75 Å². The van der Waals surface area contributed by atoms with Gasteiger partial charge in [-0.1, -0.05) is 12.1 Å². The number of rotatable bonds is 2. The first kappa shape index (κ1) is 10.3. The van der Waals surface area contributed by atoms with Gasteiger partial charge in [0.05, 0.1) is 6.54 Å². The lowest BCUT2D eigenvalue weighted by atomic mass is 10.2. The van der Waals surface area contributed by atoms with Crippen molar-refractivity contribution in [3.05, 3.63) is 58.5 Å².